The predicted octanol–water partition coefficient (Wildman–Crippen LogP) is 4.56. The van der Waals surface area contributed by atoms with Crippen LogP contribution < -0.4 is 9.62 Å². The third kappa shape index (κ3) is 5.19. The van der Waals surface area contributed by atoms with Crippen molar-refractivity contribution in [3.63, 3.8) is 0 Å². The molecule has 0 saturated carbocycles. The van der Waals surface area contributed by atoms with Crippen molar-refractivity contribution in [3.05, 3.63) is 62.6 Å². The van der Waals surface area contributed by atoms with Gasteiger partial charge < -0.3 is 5.32 Å². The van der Waals surface area contributed by atoms with E-state index in [2.05, 4.69) is 11.4 Å². The number of hydrogen-bond donors (Lipinski definition) is 1. The number of sulfonamides is 1. The van der Waals surface area contributed by atoms with Gasteiger partial charge in [0.15, 0.2) is 0 Å². The highest BCUT2D eigenvalue weighted by molar-refractivity contribution is 7.92. The summed E-state index contributed by atoms with van der Waals surface area (Å²) in [6.45, 7) is 7.51. The number of halogens is 2. The molecule has 1 unspecified atom stereocenters. The number of nitrogens with one attached hydrogen (secondary N) is 1. The van der Waals surface area contributed by atoms with Crippen LogP contribution >= 0.6 is 23.2 Å². The maximum absolute atomic E-state index is 12.6. The Balaban J connectivity index is 2.25. The fourth-order valence-corrected chi connectivity index (χ4v) is 4.32. The summed E-state index contributed by atoms with van der Waals surface area (Å²) in [5.41, 5.74) is 4.53. The first kappa shape index (κ1) is 22.5. The van der Waals surface area contributed by atoms with Gasteiger partial charge in [-0.15, -0.1) is 0 Å². The molecule has 0 radical (unpaired) electrons. The average molecular weight is 443 g/mol. The van der Waals surface area contributed by atoms with Crippen LogP contribution in [0.25, 0.3) is 0 Å². The van der Waals surface area contributed by atoms with Gasteiger partial charge in [-0.3, -0.25) is 9.10 Å². The van der Waals surface area contributed by atoms with Gasteiger partial charge in [0.2, 0.25) is 15.9 Å². The topological polar surface area (TPSA) is 66.5 Å². The third-order valence-corrected chi connectivity index (χ3v) is 6.55. The molecule has 5 nitrogen and oxygen atoms in total. The Morgan fingerprint density at radius 3 is 2.32 bits per heavy atom. The number of carbonyl (C=O) groups is 1. The van der Waals surface area contributed by atoms with E-state index in [0.29, 0.717) is 0 Å². The smallest absolute Gasteiger partial charge is 0.241 e. The zero-order valence-corrected chi connectivity index (χ0v) is 18.8. The third-order valence-electron chi connectivity index (χ3n) is 4.61. The van der Waals surface area contributed by atoms with Gasteiger partial charge in [0.1, 0.15) is 6.54 Å². The predicted molar refractivity (Wildman–Crippen MR) is 116 cm³/mol. The summed E-state index contributed by atoms with van der Waals surface area (Å²) in [6.07, 6.45) is 1.02. The molecule has 1 amide bonds. The Labute approximate surface area is 176 Å². The summed E-state index contributed by atoms with van der Waals surface area (Å²) in [6, 6.07) is 8.49. The number of nitrogens with zero attached hydrogens (tertiary/aromatic N) is 1. The molecule has 0 aliphatic rings. The van der Waals surface area contributed by atoms with Crippen molar-refractivity contribution in [1.29, 1.82) is 0 Å². The second-order valence-corrected chi connectivity index (χ2v) is 9.62. The summed E-state index contributed by atoms with van der Waals surface area (Å²) in [5, 5.41) is 3.17. The van der Waals surface area contributed by atoms with E-state index in [1.54, 1.807) is 12.1 Å². The Kier molecular flexibility index (Phi) is 7.02. The number of hydrogen-bond acceptors (Lipinski definition) is 3. The van der Waals surface area contributed by atoms with Gasteiger partial charge in [-0.05, 0) is 62.1 Å². The fourth-order valence-electron chi connectivity index (χ4n) is 3.01. The number of benzene rings is 2. The van der Waals surface area contributed by atoms with Gasteiger partial charge in [0.25, 0.3) is 0 Å². The first-order chi connectivity index (χ1) is 12.9. The molecule has 0 saturated heterocycles. The van der Waals surface area contributed by atoms with Gasteiger partial charge in [0, 0.05) is 0 Å². The Bertz CT molecular complexity index is 1010. The summed E-state index contributed by atoms with van der Waals surface area (Å²) in [7, 11) is -3.74. The minimum atomic E-state index is -3.74. The van der Waals surface area contributed by atoms with Gasteiger partial charge in [0.05, 0.1) is 28.0 Å². The Morgan fingerprint density at radius 2 is 1.71 bits per heavy atom. The normalized spacial score (nSPS) is 12.5. The maximum Gasteiger partial charge on any atom is 0.241 e. The number of aryl methyl sites for hydroxylation is 3. The molecule has 1 atom stereocenters. The van der Waals surface area contributed by atoms with E-state index in [4.69, 9.17) is 23.2 Å². The second-order valence-electron chi connectivity index (χ2n) is 6.92. The van der Waals surface area contributed by atoms with Crippen LogP contribution in [-0.4, -0.2) is 27.1 Å². The lowest BCUT2D eigenvalue weighted by atomic mass is 9.96. The van der Waals surface area contributed by atoms with Crippen molar-refractivity contribution in [2.75, 3.05) is 17.1 Å². The Hall–Kier alpha value is -1.76. The van der Waals surface area contributed by atoms with Gasteiger partial charge in [-0.2, -0.15) is 0 Å². The van der Waals surface area contributed by atoms with Gasteiger partial charge >= 0.3 is 0 Å². The molecule has 0 aliphatic heterocycles. The molecule has 0 aromatic heterocycles. The van der Waals surface area contributed by atoms with Crippen molar-refractivity contribution < 1.29 is 13.2 Å². The summed E-state index contributed by atoms with van der Waals surface area (Å²) >= 11 is 12.2. The molecule has 152 valence electrons. The second kappa shape index (κ2) is 8.72. The largest absolute Gasteiger partial charge is 0.348 e. The molecule has 8 heteroatoms. The highest BCUT2D eigenvalue weighted by Crippen LogP contribution is 2.33. The van der Waals surface area contributed by atoms with Crippen molar-refractivity contribution in [3.8, 4) is 0 Å². The highest BCUT2D eigenvalue weighted by atomic mass is 35.5. The van der Waals surface area contributed by atoms with Crippen LogP contribution in [0.15, 0.2) is 30.3 Å². The van der Waals surface area contributed by atoms with E-state index in [9.17, 15) is 13.2 Å². The molecule has 1 N–H and O–H groups in total. The van der Waals surface area contributed by atoms with Crippen molar-refractivity contribution in [1.82, 2.24) is 5.32 Å². The van der Waals surface area contributed by atoms with E-state index in [-0.39, 0.29) is 21.8 Å². The van der Waals surface area contributed by atoms with Crippen LogP contribution in [0.4, 0.5) is 5.69 Å². The van der Waals surface area contributed by atoms with Crippen molar-refractivity contribution in [2.45, 2.75) is 33.7 Å². The molecule has 0 heterocycles. The van der Waals surface area contributed by atoms with Crippen LogP contribution in [0.5, 0.6) is 0 Å². The van der Waals surface area contributed by atoms with Crippen molar-refractivity contribution in [2.24, 2.45) is 0 Å². The highest BCUT2D eigenvalue weighted by Gasteiger charge is 2.25. The molecule has 28 heavy (non-hydrogen) atoms. The zero-order chi connectivity index (χ0) is 21.2. The van der Waals surface area contributed by atoms with E-state index in [1.165, 1.54) is 11.6 Å². The van der Waals surface area contributed by atoms with E-state index in [0.717, 1.165) is 27.3 Å². The first-order valence-electron chi connectivity index (χ1n) is 8.70. The molecule has 2 rings (SSSR count). The average Bonchev–Trinajstić information content (AvgIpc) is 2.57. The molecular formula is C20H24Cl2N2O3S. The quantitative estimate of drug-likeness (QED) is 0.712. The lowest BCUT2D eigenvalue weighted by molar-refractivity contribution is -0.120. The molecular weight excluding hydrogens is 419 g/mol. The maximum atomic E-state index is 12.6. The lowest BCUT2D eigenvalue weighted by Gasteiger charge is -2.25. The van der Waals surface area contributed by atoms with Crippen LogP contribution in [0.2, 0.25) is 10.0 Å². The fraction of sp³-hybridized carbons (Fsp3) is 0.350. The van der Waals surface area contributed by atoms with Crippen LogP contribution in [0.3, 0.4) is 0 Å². The van der Waals surface area contributed by atoms with E-state index < -0.39 is 22.5 Å². The van der Waals surface area contributed by atoms with Crippen LogP contribution in [0, 0.1) is 20.8 Å². The standard InChI is InChI=1S/C20H24Cl2N2O3S/c1-12-9-14(3)16(10-13(12)2)15(4)23-19(25)11-24(28(5,26)27)18-8-6-7-17(21)20(18)22/h6-10,15H,11H2,1-5H3,(H,23,25). The minimum Gasteiger partial charge on any atom is -0.348 e. The molecule has 2 aromatic carbocycles. The summed E-state index contributed by atoms with van der Waals surface area (Å²) < 4.78 is 25.5. The van der Waals surface area contributed by atoms with Crippen LogP contribution in [0.1, 0.15) is 35.2 Å². The molecule has 0 aliphatic carbocycles. The Morgan fingerprint density at radius 1 is 1.11 bits per heavy atom. The molecule has 0 fully saturated rings. The monoisotopic (exact) mass is 442 g/mol. The van der Waals surface area contributed by atoms with Crippen LogP contribution in [-0.2, 0) is 14.8 Å². The number of amides is 1. The SMILES string of the molecule is Cc1cc(C)c(C(C)NC(=O)CN(c2cccc(Cl)c2Cl)S(C)(=O)=O)cc1C. The van der Waals surface area contributed by atoms with Crippen molar-refractivity contribution >= 4 is 44.8 Å². The summed E-state index contributed by atoms with van der Waals surface area (Å²) in [5.74, 6) is -0.438. The number of carbonyl (C=O) groups excluding carboxylic acids is 1. The number of anilines is 1. The molecule has 0 spiro atoms. The molecule has 0 bridgehead atoms. The van der Waals surface area contributed by atoms with Gasteiger partial charge in [-0.25, -0.2) is 8.42 Å². The van der Waals surface area contributed by atoms with Gasteiger partial charge in [-0.1, -0.05) is 41.4 Å². The molecule has 2 aromatic rings. The number of rotatable bonds is 6. The zero-order valence-electron chi connectivity index (χ0n) is 16.5. The summed E-state index contributed by atoms with van der Waals surface area (Å²) in [4.78, 5) is 12.6. The van der Waals surface area contributed by atoms with E-state index in [1.807, 2.05) is 33.8 Å². The lowest BCUT2D eigenvalue weighted by Crippen LogP contribution is -2.41. The first-order valence-corrected chi connectivity index (χ1v) is 11.3. The van der Waals surface area contributed by atoms with E-state index >= 15 is 0 Å². The minimum absolute atomic E-state index is 0.0837.